The van der Waals surface area contributed by atoms with E-state index in [0.717, 1.165) is 24.8 Å². The summed E-state index contributed by atoms with van der Waals surface area (Å²) in [5.41, 5.74) is 1.44. The highest BCUT2D eigenvalue weighted by Gasteiger charge is 2.24. The Kier molecular flexibility index (Phi) is 6.38. The quantitative estimate of drug-likeness (QED) is 0.779. The summed E-state index contributed by atoms with van der Waals surface area (Å²) in [6, 6.07) is 8.67. The predicted molar refractivity (Wildman–Crippen MR) is 85.5 cm³/mol. The van der Waals surface area contributed by atoms with Crippen LogP contribution in [0.1, 0.15) is 56.9 Å². The normalized spacial score (nSPS) is 18.5. The summed E-state index contributed by atoms with van der Waals surface area (Å²) in [4.78, 5) is 0. The summed E-state index contributed by atoms with van der Waals surface area (Å²) >= 11 is 0. The summed E-state index contributed by atoms with van der Waals surface area (Å²) < 4.78 is 5.40. The zero-order chi connectivity index (χ0) is 14.2. The lowest BCUT2D eigenvalue weighted by atomic mass is 9.81. The molecule has 0 spiro atoms. The maximum absolute atomic E-state index is 5.40. The van der Waals surface area contributed by atoms with Crippen LogP contribution in [-0.2, 0) is 0 Å². The molecule has 0 bridgehead atoms. The Morgan fingerprint density at radius 1 is 1.20 bits per heavy atom. The Hall–Kier alpha value is -1.02. The molecule has 2 rings (SSSR count). The molecule has 2 heteroatoms. The number of rotatable bonds is 6. The average Bonchev–Trinajstić information content (AvgIpc) is 2.77. The first kappa shape index (κ1) is 15.4. The van der Waals surface area contributed by atoms with E-state index in [9.17, 15) is 0 Å². The Balaban J connectivity index is 2.15. The van der Waals surface area contributed by atoms with Gasteiger partial charge in [0.15, 0.2) is 0 Å². The molecule has 0 aromatic heterocycles. The van der Waals surface area contributed by atoms with Gasteiger partial charge < -0.3 is 10.1 Å². The number of benzene rings is 1. The molecule has 1 aromatic carbocycles. The van der Waals surface area contributed by atoms with Crippen molar-refractivity contribution < 1.29 is 4.74 Å². The molecule has 1 saturated carbocycles. The Labute approximate surface area is 123 Å². The van der Waals surface area contributed by atoms with E-state index >= 15 is 0 Å². The number of hydrogen-bond acceptors (Lipinski definition) is 2. The highest BCUT2D eigenvalue weighted by atomic mass is 16.5. The molecule has 0 heterocycles. The second-order valence-electron chi connectivity index (χ2n) is 5.94. The fourth-order valence-electron chi connectivity index (χ4n) is 3.44. The van der Waals surface area contributed by atoms with E-state index in [-0.39, 0.29) is 0 Å². The van der Waals surface area contributed by atoms with Gasteiger partial charge in [-0.2, -0.15) is 0 Å². The first-order chi connectivity index (χ1) is 9.85. The first-order valence-corrected chi connectivity index (χ1v) is 8.19. The Morgan fingerprint density at radius 2 is 1.95 bits per heavy atom. The van der Waals surface area contributed by atoms with Gasteiger partial charge >= 0.3 is 0 Å². The van der Waals surface area contributed by atoms with Crippen LogP contribution in [0.25, 0.3) is 0 Å². The van der Waals surface area contributed by atoms with Gasteiger partial charge in [0.05, 0.1) is 7.11 Å². The van der Waals surface area contributed by atoms with E-state index < -0.39 is 0 Å². The smallest absolute Gasteiger partial charge is 0.119 e. The third kappa shape index (κ3) is 4.24. The molecular weight excluding hydrogens is 246 g/mol. The maximum Gasteiger partial charge on any atom is 0.119 e. The van der Waals surface area contributed by atoms with E-state index in [1.807, 2.05) is 6.07 Å². The van der Waals surface area contributed by atoms with Crippen LogP contribution in [0.2, 0.25) is 0 Å². The van der Waals surface area contributed by atoms with Gasteiger partial charge in [0.25, 0.3) is 0 Å². The van der Waals surface area contributed by atoms with Crippen molar-refractivity contribution in [3.63, 3.8) is 0 Å². The van der Waals surface area contributed by atoms with Gasteiger partial charge in [-0.15, -0.1) is 0 Å². The molecule has 0 aliphatic heterocycles. The zero-order valence-corrected chi connectivity index (χ0v) is 13.0. The number of hydrogen-bond donors (Lipinski definition) is 1. The number of likely N-dealkylation sites (N-methyl/N-ethyl adjacent to an activating group) is 1. The second-order valence-corrected chi connectivity index (χ2v) is 5.94. The third-order valence-corrected chi connectivity index (χ3v) is 4.61. The highest BCUT2D eigenvalue weighted by molar-refractivity contribution is 5.31. The van der Waals surface area contributed by atoms with E-state index in [2.05, 4.69) is 30.4 Å². The van der Waals surface area contributed by atoms with Crippen LogP contribution >= 0.6 is 0 Å². The monoisotopic (exact) mass is 275 g/mol. The summed E-state index contributed by atoms with van der Waals surface area (Å²) in [7, 11) is 1.75. The van der Waals surface area contributed by atoms with Crippen LogP contribution in [0.4, 0.5) is 0 Å². The van der Waals surface area contributed by atoms with Crippen LogP contribution in [0.5, 0.6) is 5.75 Å². The van der Waals surface area contributed by atoms with Crippen LogP contribution in [0, 0.1) is 5.92 Å². The van der Waals surface area contributed by atoms with Gasteiger partial charge in [-0.3, -0.25) is 0 Å². The van der Waals surface area contributed by atoms with Crippen molar-refractivity contribution in [2.75, 3.05) is 20.2 Å². The number of methoxy groups -OCH3 is 1. The summed E-state index contributed by atoms with van der Waals surface area (Å²) in [6.07, 6.45) is 8.40. The van der Waals surface area contributed by atoms with Crippen molar-refractivity contribution in [3.05, 3.63) is 29.8 Å². The van der Waals surface area contributed by atoms with Gasteiger partial charge in [0.2, 0.25) is 0 Å². The topological polar surface area (TPSA) is 21.3 Å². The minimum atomic E-state index is 0.628. The van der Waals surface area contributed by atoms with E-state index in [1.54, 1.807) is 7.11 Å². The van der Waals surface area contributed by atoms with Crippen molar-refractivity contribution in [1.82, 2.24) is 5.32 Å². The van der Waals surface area contributed by atoms with E-state index in [4.69, 9.17) is 4.74 Å². The minimum Gasteiger partial charge on any atom is -0.497 e. The van der Waals surface area contributed by atoms with Crippen molar-refractivity contribution >= 4 is 0 Å². The first-order valence-electron chi connectivity index (χ1n) is 8.19. The lowest BCUT2D eigenvalue weighted by Gasteiger charge is -2.27. The maximum atomic E-state index is 5.40. The summed E-state index contributed by atoms with van der Waals surface area (Å²) in [5, 5.41) is 3.56. The standard InChI is InChI=1S/C18H29NO/c1-3-19-14-18(15-9-6-4-5-7-10-15)16-11-8-12-17(13-16)20-2/h8,11-13,15,18-19H,3-7,9-10,14H2,1-2H3. The Bertz CT molecular complexity index is 383. The van der Waals surface area contributed by atoms with E-state index in [1.165, 1.54) is 44.1 Å². The Morgan fingerprint density at radius 3 is 2.60 bits per heavy atom. The molecule has 2 nitrogen and oxygen atoms in total. The van der Waals surface area contributed by atoms with Crippen LogP contribution in [0.15, 0.2) is 24.3 Å². The molecule has 20 heavy (non-hydrogen) atoms. The van der Waals surface area contributed by atoms with Crippen molar-refractivity contribution in [3.8, 4) is 5.75 Å². The average molecular weight is 275 g/mol. The molecule has 1 unspecified atom stereocenters. The molecular formula is C18H29NO. The highest BCUT2D eigenvalue weighted by Crippen LogP contribution is 2.35. The second kappa shape index (κ2) is 8.31. The van der Waals surface area contributed by atoms with Crippen LogP contribution in [-0.4, -0.2) is 20.2 Å². The van der Waals surface area contributed by atoms with Gasteiger partial charge in [0, 0.05) is 6.54 Å². The minimum absolute atomic E-state index is 0.628. The lowest BCUT2D eigenvalue weighted by Crippen LogP contribution is -2.26. The molecule has 0 saturated heterocycles. The van der Waals surface area contributed by atoms with Crippen LogP contribution < -0.4 is 10.1 Å². The molecule has 1 aliphatic carbocycles. The molecule has 1 aromatic rings. The van der Waals surface area contributed by atoms with Crippen molar-refractivity contribution in [2.45, 2.75) is 51.4 Å². The summed E-state index contributed by atoms with van der Waals surface area (Å²) in [5.74, 6) is 2.43. The molecule has 0 amide bonds. The van der Waals surface area contributed by atoms with Gasteiger partial charge in [-0.1, -0.05) is 44.7 Å². The van der Waals surface area contributed by atoms with Gasteiger partial charge in [0.1, 0.15) is 5.75 Å². The lowest BCUT2D eigenvalue weighted by molar-refractivity contribution is 0.360. The fourth-order valence-corrected chi connectivity index (χ4v) is 3.44. The van der Waals surface area contributed by atoms with Crippen LogP contribution in [0.3, 0.4) is 0 Å². The molecule has 1 aliphatic rings. The molecule has 0 radical (unpaired) electrons. The third-order valence-electron chi connectivity index (χ3n) is 4.61. The zero-order valence-electron chi connectivity index (χ0n) is 13.0. The van der Waals surface area contributed by atoms with Crippen molar-refractivity contribution in [2.24, 2.45) is 5.92 Å². The largest absolute Gasteiger partial charge is 0.497 e. The van der Waals surface area contributed by atoms with Gasteiger partial charge in [-0.25, -0.2) is 0 Å². The molecule has 1 atom stereocenters. The molecule has 1 fully saturated rings. The van der Waals surface area contributed by atoms with Crippen molar-refractivity contribution in [1.29, 1.82) is 0 Å². The number of nitrogens with one attached hydrogen (secondary N) is 1. The molecule has 1 N–H and O–H groups in total. The SMILES string of the molecule is CCNCC(c1cccc(OC)c1)C1CCCCCC1. The summed E-state index contributed by atoms with van der Waals surface area (Å²) in [6.45, 7) is 4.33. The molecule has 112 valence electrons. The van der Waals surface area contributed by atoms with E-state index in [0.29, 0.717) is 5.92 Å². The predicted octanol–water partition coefficient (Wildman–Crippen LogP) is 4.36. The van der Waals surface area contributed by atoms with Gasteiger partial charge in [-0.05, 0) is 48.9 Å². The fraction of sp³-hybridized carbons (Fsp3) is 0.667. The number of ether oxygens (including phenoxy) is 1.